The number of methoxy groups -OCH3 is 1. The van der Waals surface area contributed by atoms with Crippen LogP contribution in [-0.4, -0.2) is 30.3 Å². The molecule has 1 unspecified atom stereocenters. The van der Waals surface area contributed by atoms with Gasteiger partial charge in [-0.3, -0.25) is 4.79 Å². The Morgan fingerprint density at radius 2 is 1.97 bits per heavy atom. The van der Waals surface area contributed by atoms with E-state index in [2.05, 4.69) is 16.7 Å². The predicted molar refractivity (Wildman–Crippen MR) is 126 cm³/mol. The van der Waals surface area contributed by atoms with E-state index in [-0.39, 0.29) is 17.2 Å². The number of aliphatic imine (C=N–C) groups is 1. The number of Topliss-reactive ketones (excluding diaryl/α,β-unsaturated/α-hetero) is 1. The van der Waals surface area contributed by atoms with Crippen molar-refractivity contribution in [2.75, 3.05) is 7.11 Å². The normalized spacial score (nSPS) is 13.1. The zero-order valence-corrected chi connectivity index (χ0v) is 19.6. The first-order valence-corrected chi connectivity index (χ1v) is 11.2. The molecule has 1 N–H and O–H groups in total. The highest BCUT2D eigenvalue weighted by Gasteiger charge is 2.21. The number of hydrogen-bond acceptors (Lipinski definition) is 6. The number of ketones is 1. The van der Waals surface area contributed by atoms with Crippen molar-refractivity contribution in [2.45, 2.75) is 78.1 Å². The van der Waals surface area contributed by atoms with E-state index in [1.165, 1.54) is 38.7 Å². The number of carbonyl (C=O) groups is 2. The molecule has 7 heteroatoms. The largest absolute Gasteiger partial charge is 0.507 e. The van der Waals surface area contributed by atoms with Crippen LogP contribution >= 0.6 is 0 Å². The van der Waals surface area contributed by atoms with E-state index in [0.29, 0.717) is 30.6 Å². The van der Waals surface area contributed by atoms with Crippen LogP contribution in [-0.2, 0) is 4.74 Å². The van der Waals surface area contributed by atoms with Crippen molar-refractivity contribution in [1.82, 2.24) is 0 Å². The molecule has 0 saturated heterocycles. The topological polar surface area (TPSA) is 106 Å². The van der Waals surface area contributed by atoms with Gasteiger partial charge >= 0.3 is 11.7 Å². The Morgan fingerprint density at radius 3 is 2.62 bits per heavy atom. The van der Waals surface area contributed by atoms with E-state index in [1.807, 2.05) is 13.0 Å². The summed E-state index contributed by atoms with van der Waals surface area (Å²) in [6, 6.07) is 1.33. The van der Waals surface area contributed by atoms with Crippen molar-refractivity contribution in [2.24, 2.45) is 4.99 Å². The number of unbranched alkanes of at least 4 members (excludes halogenated alkanes) is 5. The maximum atomic E-state index is 12.6. The Kier molecular flexibility index (Phi) is 12.6. The molecule has 0 aliphatic rings. The molecule has 1 atom stereocenters. The van der Waals surface area contributed by atoms with Gasteiger partial charge in [0.2, 0.25) is 0 Å². The van der Waals surface area contributed by atoms with Crippen molar-refractivity contribution >= 4 is 18.1 Å². The van der Waals surface area contributed by atoms with E-state index >= 15 is 0 Å². The molecule has 0 bridgehead atoms. The van der Waals surface area contributed by atoms with Gasteiger partial charge in [-0.25, -0.2) is 9.59 Å². The summed E-state index contributed by atoms with van der Waals surface area (Å²) >= 11 is 0. The Morgan fingerprint density at radius 1 is 1.22 bits per heavy atom. The van der Waals surface area contributed by atoms with Gasteiger partial charge in [0.05, 0.1) is 7.11 Å². The summed E-state index contributed by atoms with van der Waals surface area (Å²) in [5.41, 5.74) is -0.847. The first kappa shape index (κ1) is 27.1. The summed E-state index contributed by atoms with van der Waals surface area (Å²) < 4.78 is 9.74. The van der Waals surface area contributed by atoms with Crippen molar-refractivity contribution in [3.63, 3.8) is 0 Å². The van der Waals surface area contributed by atoms with Crippen LogP contribution in [0.25, 0.3) is 0 Å². The minimum Gasteiger partial charge on any atom is -0.507 e. The fourth-order valence-electron chi connectivity index (χ4n) is 3.07. The molecule has 0 aliphatic carbocycles. The van der Waals surface area contributed by atoms with Crippen LogP contribution in [0.4, 0.5) is 4.79 Å². The molecule has 32 heavy (non-hydrogen) atoms. The highest BCUT2D eigenvalue weighted by Crippen LogP contribution is 2.26. The van der Waals surface area contributed by atoms with Crippen molar-refractivity contribution in [1.29, 1.82) is 0 Å². The first-order chi connectivity index (χ1) is 15.3. The van der Waals surface area contributed by atoms with Crippen molar-refractivity contribution < 1.29 is 23.8 Å². The van der Waals surface area contributed by atoms with Gasteiger partial charge in [-0.15, -0.1) is 0 Å². The standard InChI is InChI=1S/C25H35NO6/c1-5-6-7-8-9-10-11-15-19(3)23(28)22-20(27)17-21(32-24(22)29)18(2)14-12-13-16-26-25(30)31-4/h10-11,15-18,27H,5-9,12-14H2,1-4H3. The van der Waals surface area contributed by atoms with Gasteiger partial charge in [0.25, 0.3) is 0 Å². The molecule has 7 nitrogen and oxygen atoms in total. The molecule has 0 saturated carbocycles. The highest BCUT2D eigenvalue weighted by atomic mass is 16.5. The molecule has 0 spiro atoms. The number of nitrogens with zero attached hydrogens (tertiary/aromatic N) is 1. The van der Waals surface area contributed by atoms with Crippen LogP contribution in [0.5, 0.6) is 5.75 Å². The number of hydrogen-bond donors (Lipinski definition) is 1. The molecule has 0 radical (unpaired) electrons. The molecule has 0 fully saturated rings. The predicted octanol–water partition coefficient (Wildman–Crippen LogP) is 6.11. The molecular weight excluding hydrogens is 410 g/mol. The molecule has 176 valence electrons. The van der Waals surface area contributed by atoms with Gasteiger partial charge in [0.15, 0.2) is 5.78 Å². The zero-order chi connectivity index (χ0) is 23.9. The van der Waals surface area contributed by atoms with E-state index < -0.39 is 17.5 Å². The minimum absolute atomic E-state index is 0.156. The van der Waals surface area contributed by atoms with Gasteiger partial charge in [-0.05, 0) is 44.6 Å². The molecule has 0 aromatic carbocycles. The molecule has 1 amide bonds. The first-order valence-electron chi connectivity index (χ1n) is 11.2. The Labute approximate surface area is 189 Å². The highest BCUT2D eigenvalue weighted by molar-refractivity contribution is 6.09. The Bertz CT molecular complexity index is 894. The fraction of sp³-hybridized carbons (Fsp3) is 0.520. The molecular formula is C25H35NO6. The van der Waals surface area contributed by atoms with Crippen LogP contribution in [0.2, 0.25) is 0 Å². The van der Waals surface area contributed by atoms with Gasteiger partial charge < -0.3 is 14.3 Å². The van der Waals surface area contributed by atoms with Gasteiger partial charge in [0.1, 0.15) is 17.1 Å². The number of rotatable bonds is 13. The van der Waals surface area contributed by atoms with Gasteiger partial charge in [-0.1, -0.05) is 51.3 Å². The van der Waals surface area contributed by atoms with E-state index in [1.54, 1.807) is 19.1 Å². The summed E-state index contributed by atoms with van der Waals surface area (Å²) in [5, 5.41) is 10.3. The third kappa shape index (κ3) is 9.45. The van der Waals surface area contributed by atoms with Gasteiger partial charge in [-0.2, -0.15) is 4.99 Å². The summed E-state index contributed by atoms with van der Waals surface area (Å²) in [5.74, 6) is -0.777. The van der Waals surface area contributed by atoms with E-state index in [9.17, 15) is 19.5 Å². The SMILES string of the molecule is CCCCCCC=CC=C(C)C(=O)c1c(O)cc(C(C)CCCC=NC(=O)OC)oc1=O. The van der Waals surface area contributed by atoms with Crippen LogP contribution in [0, 0.1) is 0 Å². The summed E-state index contributed by atoms with van der Waals surface area (Å²) in [6.07, 6.45) is 13.8. The molecule has 1 aromatic heterocycles. The second kappa shape index (κ2) is 14.9. The second-order valence-electron chi connectivity index (χ2n) is 7.77. The van der Waals surface area contributed by atoms with E-state index in [4.69, 9.17) is 4.42 Å². The van der Waals surface area contributed by atoms with Gasteiger partial charge in [0, 0.05) is 18.2 Å². The summed E-state index contributed by atoms with van der Waals surface area (Å²) in [6.45, 7) is 5.63. The third-order valence-electron chi connectivity index (χ3n) is 5.07. The Hall–Kier alpha value is -2.96. The number of carbonyl (C=O) groups excluding carboxylic acids is 2. The van der Waals surface area contributed by atoms with E-state index in [0.717, 1.165) is 12.8 Å². The maximum absolute atomic E-state index is 12.6. The van der Waals surface area contributed by atoms with Crippen molar-refractivity contribution in [3.8, 4) is 5.75 Å². The van der Waals surface area contributed by atoms with Crippen LogP contribution in [0.15, 0.2) is 44.1 Å². The number of allylic oxidation sites excluding steroid dienone is 4. The third-order valence-corrected chi connectivity index (χ3v) is 5.07. The zero-order valence-electron chi connectivity index (χ0n) is 19.6. The fourth-order valence-corrected chi connectivity index (χ4v) is 3.07. The average molecular weight is 446 g/mol. The monoisotopic (exact) mass is 445 g/mol. The average Bonchev–Trinajstić information content (AvgIpc) is 2.77. The van der Waals surface area contributed by atoms with Crippen molar-refractivity contribution in [3.05, 3.63) is 51.6 Å². The molecule has 1 rings (SSSR count). The lowest BCUT2D eigenvalue weighted by atomic mass is 9.99. The molecule has 1 heterocycles. The van der Waals surface area contributed by atoms with Crippen LogP contribution < -0.4 is 5.63 Å². The van der Waals surface area contributed by atoms with Crippen LogP contribution in [0.3, 0.4) is 0 Å². The Balaban J connectivity index is 2.73. The second-order valence-corrected chi connectivity index (χ2v) is 7.77. The lowest BCUT2D eigenvalue weighted by molar-refractivity contribution is 0.102. The lowest BCUT2D eigenvalue weighted by Gasteiger charge is -2.11. The quantitative estimate of drug-likeness (QED) is 0.129. The smallest absolute Gasteiger partial charge is 0.432 e. The molecule has 0 aliphatic heterocycles. The number of aromatic hydroxyl groups is 1. The maximum Gasteiger partial charge on any atom is 0.432 e. The van der Waals surface area contributed by atoms with Crippen LogP contribution in [0.1, 0.15) is 94.2 Å². The minimum atomic E-state index is -0.847. The summed E-state index contributed by atoms with van der Waals surface area (Å²) in [4.78, 5) is 39.5. The number of amides is 1. The summed E-state index contributed by atoms with van der Waals surface area (Å²) in [7, 11) is 1.26. The molecule has 1 aromatic rings. The number of ether oxygens (including phenoxy) is 1. The lowest BCUT2D eigenvalue weighted by Crippen LogP contribution is -2.16.